The summed E-state index contributed by atoms with van der Waals surface area (Å²) in [5.74, 6) is 0.536. The van der Waals surface area contributed by atoms with E-state index >= 15 is 0 Å². The normalized spacial score (nSPS) is 22.0. The van der Waals surface area contributed by atoms with Gasteiger partial charge in [-0.2, -0.15) is 0 Å². The molecule has 1 aliphatic rings. The Morgan fingerprint density at radius 1 is 1.46 bits per heavy atom. The van der Waals surface area contributed by atoms with Gasteiger partial charge >= 0.3 is 0 Å². The SMILES string of the molecule is C[C@H](NS(=O)(=O)CBr)C1CCCC1. The third kappa shape index (κ3) is 3.56. The van der Waals surface area contributed by atoms with Crippen LogP contribution in [-0.2, 0) is 10.0 Å². The molecule has 78 valence electrons. The van der Waals surface area contributed by atoms with Crippen LogP contribution in [0.5, 0.6) is 0 Å². The highest BCUT2D eigenvalue weighted by Gasteiger charge is 2.24. The minimum Gasteiger partial charge on any atom is -0.212 e. The van der Waals surface area contributed by atoms with Gasteiger partial charge in [-0.25, -0.2) is 13.1 Å². The molecule has 0 aromatic carbocycles. The van der Waals surface area contributed by atoms with Gasteiger partial charge in [-0.15, -0.1) is 0 Å². The predicted molar refractivity (Wildman–Crippen MR) is 57.3 cm³/mol. The molecule has 0 aliphatic heterocycles. The number of nitrogens with one attached hydrogen (secondary N) is 1. The highest BCUT2D eigenvalue weighted by molar-refractivity contribution is 9.10. The van der Waals surface area contributed by atoms with E-state index < -0.39 is 10.0 Å². The number of halogens is 1. The second-order valence-corrected chi connectivity index (χ2v) is 6.73. The summed E-state index contributed by atoms with van der Waals surface area (Å²) in [5.41, 5.74) is 0. The molecule has 0 aromatic heterocycles. The van der Waals surface area contributed by atoms with E-state index in [-0.39, 0.29) is 10.7 Å². The first-order valence-corrected chi connectivity index (χ1v) is 7.38. The number of alkyl halides is 1. The topological polar surface area (TPSA) is 46.2 Å². The predicted octanol–water partition coefficient (Wildman–Crippen LogP) is 1.84. The number of hydrogen-bond donors (Lipinski definition) is 1. The lowest BCUT2D eigenvalue weighted by molar-refractivity contribution is 0.425. The van der Waals surface area contributed by atoms with Crippen LogP contribution in [0.3, 0.4) is 0 Å². The van der Waals surface area contributed by atoms with Crippen molar-refractivity contribution in [3.8, 4) is 0 Å². The lowest BCUT2D eigenvalue weighted by Gasteiger charge is -2.19. The fourth-order valence-electron chi connectivity index (χ4n) is 1.87. The van der Waals surface area contributed by atoms with Crippen molar-refractivity contribution in [3.05, 3.63) is 0 Å². The largest absolute Gasteiger partial charge is 0.221 e. The molecular weight excluding hydrogens is 254 g/mol. The fraction of sp³-hybridized carbons (Fsp3) is 1.00. The maximum atomic E-state index is 11.2. The van der Waals surface area contributed by atoms with Crippen molar-refractivity contribution in [1.29, 1.82) is 0 Å². The first-order chi connectivity index (χ1) is 6.05. The Labute approximate surface area is 88.5 Å². The summed E-state index contributed by atoms with van der Waals surface area (Å²) < 4.78 is 25.1. The van der Waals surface area contributed by atoms with Gasteiger partial charge < -0.3 is 0 Å². The Balaban J connectivity index is 2.44. The number of sulfonamides is 1. The van der Waals surface area contributed by atoms with Gasteiger partial charge in [0.1, 0.15) is 4.66 Å². The Morgan fingerprint density at radius 3 is 2.46 bits per heavy atom. The smallest absolute Gasteiger partial charge is 0.212 e. The van der Waals surface area contributed by atoms with Crippen molar-refractivity contribution in [2.45, 2.75) is 38.6 Å². The van der Waals surface area contributed by atoms with Crippen molar-refractivity contribution >= 4 is 26.0 Å². The van der Waals surface area contributed by atoms with E-state index in [4.69, 9.17) is 0 Å². The average molecular weight is 270 g/mol. The lowest BCUT2D eigenvalue weighted by Crippen LogP contribution is -2.37. The van der Waals surface area contributed by atoms with E-state index in [2.05, 4.69) is 20.7 Å². The summed E-state index contributed by atoms with van der Waals surface area (Å²) in [6.07, 6.45) is 4.80. The van der Waals surface area contributed by atoms with E-state index in [1.807, 2.05) is 6.92 Å². The summed E-state index contributed by atoms with van der Waals surface area (Å²) in [4.78, 5) is 0. The highest BCUT2D eigenvalue weighted by atomic mass is 79.9. The molecule has 1 fully saturated rings. The summed E-state index contributed by atoms with van der Waals surface area (Å²) >= 11 is 2.96. The van der Waals surface area contributed by atoms with Crippen LogP contribution in [-0.4, -0.2) is 19.1 Å². The molecule has 0 saturated heterocycles. The van der Waals surface area contributed by atoms with Crippen molar-refractivity contribution in [1.82, 2.24) is 4.72 Å². The van der Waals surface area contributed by atoms with Gasteiger partial charge in [-0.05, 0) is 25.7 Å². The minimum atomic E-state index is -3.09. The Bertz CT molecular complexity index is 247. The third-order valence-corrected chi connectivity index (χ3v) is 5.44. The van der Waals surface area contributed by atoms with Crippen LogP contribution < -0.4 is 4.72 Å². The van der Waals surface area contributed by atoms with Crippen LogP contribution in [0, 0.1) is 5.92 Å². The zero-order chi connectivity index (χ0) is 9.90. The van der Waals surface area contributed by atoms with Crippen molar-refractivity contribution in [2.75, 3.05) is 4.66 Å². The molecule has 0 amide bonds. The maximum Gasteiger partial charge on any atom is 0.221 e. The van der Waals surface area contributed by atoms with Gasteiger partial charge in [-0.3, -0.25) is 0 Å². The molecule has 3 nitrogen and oxygen atoms in total. The molecule has 1 aliphatic carbocycles. The lowest BCUT2D eigenvalue weighted by atomic mass is 10.0. The third-order valence-electron chi connectivity index (χ3n) is 2.62. The monoisotopic (exact) mass is 269 g/mol. The van der Waals surface area contributed by atoms with E-state index in [0.717, 1.165) is 12.8 Å². The van der Waals surface area contributed by atoms with Crippen LogP contribution in [0.1, 0.15) is 32.6 Å². The Morgan fingerprint density at radius 2 is 2.00 bits per heavy atom. The van der Waals surface area contributed by atoms with Crippen molar-refractivity contribution in [2.24, 2.45) is 5.92 Å². The quantitative estimate of drug-likeness (QED) is 0.792. The van der Waals surface area contributed by atoms with Crippen LogP contribution in [0.4, 0.5) is 0 Å². The first-order valence-electron chi connectivity index (χ1n) is 4.61. The van der Waals surface area contributed by atoms with Crippen LogP contribution >= 0.6 is 15.9 Å². The molecule has 0 spiro atoms. The molecule has 0 radical (unpaired) electrons. The molecule has 0 aromatic rings. The maximum absolute atomic E-state index is 11.2. The molecule has 1 rings (SSSR count). The van der Waals surface area contributed by atoms with Crippen LogP contribution in [0.15, 0.2) is 0 Å². The van der Waals surface area contributed by atoms with Crippen LogP contribution in [0.25, 0.3) is 0 Å². The Hall–Kier alpha value is 0.390. The van der Waals surface area contributed by atoms with Gasteiger partial charge in [-0.1, -0.05) is 28.8 Å². The van der Waals surface area contributed by atoms with Gasteiger partial charge in [0, 0.05) is 6.04 Å². The molecular formula is C8H16BrNO2S. The van der Waals surface area contributed by atoms with Gasteiger partial charge in [0.15, 0.2) is 0 Å². The molecule has 0 heterocycles. The van der Waals surface area contributed by atoms with Gasteiger partial charge in [0.25, 0.3) is 0 Å². The molecule has 1 saturated carbocycles. The molecule has 5 heteroatoms. The molecule has 1 atom stereocenters. The van der Waals surface area contributed by atoms with E-state index in [9.17, 15) is 8.42 Å². The Kier molecular flexibility index (Phi) is 4.19. The van der Waals surface area contributed by atoms with Crippen molar-refractivity contribution in [3.63, 3.8) is 0 Å². The standard InChI is InChI=1S/C8H16BrNO2S/c1-7(8-4-2-3-5-8)10-13(11,12)6-9/h7-8,10H,2-6H2,1H3/t7-/m0/s1. The second-order valence-electron chi connectivity index (χ2n) is 3.67. The number of rotatable bonds is 4. The van der Waals surface area contributed by atoms with E-state index in [0.29, 0.717) is 5.92 Å². The second kappa shape index (κ2) is 4.75. The summed E-state index contributed by atoms with van der Waals surface area (Å²) in [7, 11) is -3.09. The van der Waals surface area contributed by atoms with E-state index in [1.165, 1.54) is 12.8 Å². The van der Waals surface area contributed by atoms with Crippen LogP contribution in [0.2, 0.25) is 0 Å². The van der Waals surface area contributed by atoms with Crippen molar-refractivity contribution < 1.29 is 8.42 Å². The van der Waals surface area contributed by atoms with Gasteiger partial charge in [0.05, 0.1) is 0 Å². The first kappa shape index (κ1) is 11.5. The molecule has 0 unspecified atom stereocenters. The summed E-state index contributed by atoms with van der Waals surface area (Å²) in [6.45, 7) is 1.95. The molecule has 1 N–H and O–H groups in total. The highest BCUT2D eigenvalue weighted by Crippen LogP contribution is 2.27. The fourth-order valence-corrected chi connectivity index (χ4v) is 3.09. The summed E-state index contributed by atoms with van der Waals surface area (Å²) in [5, 5.41) is 0. The minimum absolute atomic E-state index is 0.00292. The van der Waals surface area contributed by atoms with E-state index in [1.54, 1.807) is 0 Å². The molecule has 0 bridgehead atoms. The number of hydrogen-bond acceptors (Lipinski definition) is 2. The zero-order valence-electron chi connectivity index (χ0n) is 7.79. The summed E-state index contributed by atoms with van der Waals surface area (Å²) in [6, 6.07) is 0.0880. The zero-order valence-corrected chi connectivity index (χ0v) is 10.2. The average Bonchev–Trinajstić information content (AvgIpc) is 2.55. The van der Waals surface area contributed by atoms with Gasteiger partial charge in [0.2, 0.25) is 10.0 Å². The molecule has 13 heavy (non-hydrogen) atoms.